The Bertz CT molecular complexity index is 1490. The summed E-state index contributed by atoms with van der Waals surface area (Å²) in [5, 5.41) is 8.51. The molecule has 1 amide bonds. The second-order valence-corrected chi connectivity index (χ2v) is 9.16. The third-order valence-corrected chi connectivity index (χ3v) is 6.28. The summed E-state index contributed by atoms with van der Waals surface area (Å²) in [6.07, 6.45) is 2.00. The monoisotopic (exact) mass is 459 g/mol. The van der Waals surface area contributed by atoms with Crippen LogP contribution in [0.1, 0.15) is 32.3 Å². The zero-order valence-electron chi connectivity index (χ0n) is 18.8. The summed E-state index contributed by atoms with van der Waals surface area (Å²) in [7, 11) is 0. The highest BCUT2D eigenvalue weighted by Gasteiger charge is 2.34. The molecule has 5 nitrogen and oxygen atoms in total. The van der Waals surface area contributed by atoms with E-state index in [1.165, 1.54) is 6.07 Å². The molecule has 34 heavy (non-hydrogen) atoms. The van der Waals surface area contributed by atoms with Gasteiger partial charge in [-0.05, 0) is 56.5 Å². The minimum absolute atomic E-state index is 0.0525. The Kier molecular flexibility index (Phi) is 5.27. The average Bonchev–Trinajstić information content (AvgIpc) is 3.64. The summed E-state index contributed by atoms with van der Waals surface area (Å²) in [5.74, 6) is -1.68. The van der Waals surface area contributed by atoms with Crippen LogP contribution in [0.3, 0.4) is 0 Å². The number of nitrogens with one attached hydrogen (secondary N) is 1. The van der Waals surface area contributed by atoms with Gasteiger partial charge >= 0.3 is 0 Å². The number of aromatic nitrogens is 2. The number of nitrogens with zero attached hydrogens (tertiary/aromatic N) is 2. The molecule has 0 spiro atoms. The Hall–Kier alpha value is -3.87. The van der Waals surface area contributed by atoms with E-state index in [2.05, 4.69) is 10.4 Å². The normalized spacial score (nSPS) is 13.8. The van der Waals surface area contributed by atoms with E-state index in [-0.39, 0.29) is 17.6 Å². The van der Waals surface area contributed by atoms with Gasteiger partial charge in [0.25, 0.3) is 5.56 Å². The first-order valence-electron chi connectivity index (χ1n) is 11.1. The SMILES string of the molecule is CC(C)(C(=O)NC1CC1)c1cccc(-c2nn(-c3ccc(F)cc3F)c(=O)c3ccccc23)c1. The fourth-order valence-corrected chi connectivity index (χ4v) is 4.00. The second kappa shape index (κ2) is 8.17. The molecule has 1 saturated carbocycles. The zero-order valence-corrected chi connectivity index (χ0v) is 18.8. The van der Waals surface area contributed by atoms with Gasteiger partial charge in [-0.1, -0.05) is 36.4 Å². The summed E-state index contributed by atoms with van der Waals surface area (Å²) in [4.78, 5) is 26.0. The van der Waals surface area contributed by atoms with Crippen molar-refractivity contribution in [1.82, 2.24) is 15.1 Å². The number of rotatable bonds is 5. The van der Waals surface area contributed by atoms with Crippen LogP contribution in [-0.2, 0) is 10.2 Å². The molecule has 1 aliphatic rings. The molecule has 0 saturated heterocycles. The summed E-state index contributed by atoms with van der Waals surface area (Å²) in [5.41, 5.74) is 0.492. The molecule has 1 heterocycles. The van der Waals surface area contributed by atoms with Crippen molar-refractivity contribution < 1.29 is 13.6 Å². The van der Waals surface area contributed by atoms with Crippen LogP contribution < -0.4 is 10.9 Å². The Morgan fingerprint density at radius 2 is 1.74 bits per heavy atom. The summed E-state index contributed by atoms with van der Waals surface area (Å²) < 4.78 is 29.0. The molecule has 3 aromatic carbocycles. The fourth-order valence-electron chi connectivity index (χ4n) is 4.00. The molecular weight excluding hydrogens is 436 g/mol. The highest BCUT2D eigenvalue weighted by molar-refractivity contribution is 5.94. The van der Waals surface area contributed by atoms with Crippen LogP contribution >= 0.6 is 0 Å². The highest BCUT2D eigenvalue weighted by Crippen LogP contribution is 2.32. The molecule has 0 unspecified atom stereocenters. The molecule has 1 aliphatic carbocycles. The van der Waals surface area contributed by atoms with Crippen LogP contribution in [-0.4, -0.2) is 21.7 Å². The largest absolute Gasteiger partial charge is 0.353 e. The molecule has 0 aliphatic heterocycles. The van der Waals surface area contributed by atoms with E-state index < -0.39 is 22.6 Å². The van der Waals surface area contributed by atoms with Crippen LogP contribution in [0.15, 0.2) is 71.5 Å². The molecule has 0 bridgehead atoms. The summed E-state index contributed by atoms with van der Waals surface area (Å²) in [6, 6.07) is 17.6. The van der Waals surface area contributed by atoms with Crippen molar-refractivity contribution in [3.63, 3.8) is 0 Å². The van der Waals surface area contributed by atoms with Gasteiger partial charge in [-0.3, -0.25) is 9.59 Å². The third-order valence-electron chi connectivity index (χ3n) is 6.28. The van der Waals surface area contributed by atoms with Gasteiger partial charge in [0, 0.05) is 23.1 Å². The second-order valence-electron chi connectivity index (χ2n) is 9.16. The van der Waals surface area contributed by atoms with E-state index in [0.717, 1.165) is 35.2 Å². The number of benzene rings is 3. The summed E-state index contributed by atoms with van der Waals surface area (Å²) in [6.45, 7) is 3.73. The molecule has 7 heteroatoms. The van der Waals surface area contributed by atoms with Gasteiger partial charge in [0.15, 0.2) is 5.82 Å². The topological polar surface area (TPSA) is 64.0 Å². The van der Waals surface area contributed by atoms with E-state index >= 15 is 0 Å². The van der Waals surface area contributed by atoms with Crippen LogP contribution in [0.5, 0.6) is 0 Å². The molecule has 172 valence electrons. The average molecular weight is 459 g/mol. The number of carbonyl (C=O) groups excluding carboxylic acids is 1. The van der Waals surface area contributed by atoms with Crippen molar-refractivity contribution in [1.29, 1.82) is 0 Å². The maximum atomic E-state index is 14.6. The van der Waals surface area contributed by atoms with E-state index in [9.17, 15) is 18.4 Å². The van der Waals surface area contributed by atoms with Crippen molar-refractivity contribution in [2.45, 2.75) is 38.1 Å². The lowest BCUT2D eigenvalue weighted by atomic mass is 9.82. The Morgan fingerprint density at radius 1 is 1.00 bits per heavy atom. The Balaban J connectivity index is 1.68. The van der Waals surface area contributed by atoms with Gasteiger partial charge in [-0.15, -0.1) is 0 Å². The molecule has 0 atom stereocenters. The van der Waals surface area contributed by atoms with Crippen LogP contribution in [0.2, 0.25) is 0 Å². The van der Waals surface area contributed by atoms with Gasteiger partial charge in [0.05, 0.1) is 16.5 Å². The number of carbonyl (C=O) groups is 1. The first-order valence-corrected chi connectivity index (χ1v) is 11.1. The van der Waals surface area contributed by atoms with Gasteiger partial charge in [0.1, 0.15) is 11.5 Å². The van der Waals surface area contributed by atoms with Gasteiger partial charge in [0.2, 0.25) is 5.91 Å². The van der Waals surface area contributed by atoms with Crippen molar-refractivity contribution in [3.05, 3.63) is 94.3 Å². The number of amides is 1. The highest BCUT2D eigenvalue weighted by atomic mass is 19.1. The lowest BCUT2D eigenvalue weighted by molar-refractivity contribution is -0.125. The Labute approximate surface area is 195 Å². The molecule has 1 N–H and O–H groups in total. The lowest BCUT2D eigenvalue weighted by Gasteiger charge is -2.25. The van der Waals surface area contributed by atoms with Gasteiger partial charge in [-0.2, -0.15) is 9.78 Å². The molecule has 1 aromatic heterocycles. The standard InChI is InChI=1S/C27H23F2N3O2/c1-27(2,26(34)30-19-11-12-19)17-7-5-6-16(14-17)24-20-8-3-4-9-21(20)25(33)32(31-24)23-13-10-18(28)15-22(23)29/h3-10,13-15,19H,11-12H2,1-2H3,(H,30,34). The molecular formula is C27H23F2N3O2. The van der Waals surface area contributed by atoms with E-state index in [0.29, 0.717) is 22.0 Å². The molecule has 0 radical (unpaired) electrons. The van der Waals surface area contributed by atoms with Gasteiger partial charge in [-0.25, -0.2) is 8.78 Å². The van der Waals surface area contributed by atoms with Crippen LogP contribution in [0, 0.1) is 11.6 Å². The van der Waals surface area contributed by atoms with Crippen LogP contribution in [0.4, 0.5) is 8.78 Å². The van der Waals surface area contributed by atoms with E-state index in [4.69, 9.17) is 0 Å². The molecule has 5 rings (SSSR count). The predicted molar refractivity (Wildman–Crippen MR) is 127 cm³/mol. The Morgan fingerprint density at radius 3 is 2.44 bits per heavy atom. The summed E-state index contributed by atoms with van der Waals surface area (Å²) >= 11 is 0. The quantitative estimate of drug-likeness (QED) is 0.462. The van der Waals surface area contributed by atoms with Crippen LogP contribution in [0.25, 0.3) is 27.7 Å². The molecule has 1 fully saturated rings. The molecule has 4 aromatic rings. The van der Waals surface area contributed by atoms with Crippen molar-refractivity contribution in [2.24, 2.45) is 0 Å². The first kappa shape index (κ1) is 21.9. The van der Waals surface area contributed by atoms with Crippen molar-refractivity contribution in [2.75, 3.05) is 0 Å². The third kappa shape index (κ3) is 3.87. The van der Waals surface area contributed by atoms with E-state index in [1.807, 2.05) is 38.1 Å². The van der Waals surface area contributed by atoms with Crippen molar-refractivity contribution in [3.8, 4) is 16.9 Å². The minimum atomic E-state index is -0.887. The fraction of sp³-hybridized carbons (Fsp3) is 0.222. The maximum absolute atomic E-state index is 14.6. The van der Waals surface area contributed by atoms with Crippen molar-refractivity contribution >= 4 is 16.7 Å². The number of hydrogen-bond donors (Lipinski definition) is 1. The lowest BCUT2D eigenvalue weighted by Crippen LogP contribution is -2.41. The maximum Gasteiger partial charge on any atom is 0.279 e. The number of halogens is 2. The van der Waals surface area contributed by atoms with Gasteiger partial charge < -0.3 is 5.32 Å². The smallest absolute Gasteiger partial charge is 0.279 e. The first-order chi connectivity index (χ1) is 16.3. The van der Waals surface area contributed by atoms with E-state index in [1.54, 1.807) is 24.3 Å². The predicted octanol–water partition coefficient (Wildman–Crippen LogP) is 4.89. The number of hydrogen-bond acceptors (Lipinski definition) is 3. The minimum Gasteiger partial charge on any atom is -0.353 e. The zero-order chi connectivity index (χ0) is 24.0. The number of fused-ring (bicyclic) bond motifs is 1.